The maximum atomic E-state index is 12.3. The van der Waals surface area contributed by atoms with Crippen LogP contribution in [0, 0.1) is 6.92 Å². The van der Waals surface area contributed by atoms with E-state index < -0.39 is 0 Å². The molecule has 0 aliphatic rings. The van der Waals surface area contributed by atoms with Crippen molar-refractivity contribution in [2.75, 3.05) is 5.75 Å². The molecule has 1 amide bonds. The van der Waals surface area contributed by atoms with Crippen LogP contribution in [-0.2, 0) is 11.3 Å². The van der Waals surface area contributed by atoms with E-state index in [4.69, 9.17) is 0 Å². The molecule has 5 nitrogen and oxygen atoms in total. The van der Waals surface area contributed by atoms with Crippen molar-refractivity contribution in [2.45, 2.75) is 38.5 Å². The average Bonchev–Trinajstić information content (AvgIpc) is 3.10. The van der Waals surface area contributed by atoms with Crippen LogP contribution in [0.2, 0.25) is 0 Å². The van der Waals surface area contributed by atoms with E-state index in [1.54, 1.807) is 0 Å². The zero-order valence-corrected chi connectivity index (χ0v) is 16.7. The van der Waals surface area contributed by atoms with Crippen LogP contribution in [-0.4, -0.2) is 26.4 Å². The van der Waals surface area contributed by atoms with Crippen LogP contribution >= 0.6 is 11.8 Å². The Labute approximate surface area is 164 Å². The topological polar surface area (TPSA) is 59.8 Å². The van der Waals surface area contributed by atoms with E-state index in [1.807, 2.05) is 54.0 Å². The van der Waals surface area contributed by atoms with E-state index in [-0.39, 0.29) is 11.9 Å². The fourth-order valence-corrected chi connectivity index (χ4v) is 3.73. The standard InChI is InChI=1S/C21H24N4OS/c1-4-25-20(18-12-8-9-15(2)13-18)23-24-21(25)27-14-19(26)22-16(3)17-10-6-5-7-11-17/h5-13,16H,4,14H2,1-3H3,(H,22,26). The normalized spacial score (nSPS) is 12.0. The lowest BCUT2D eigenvalue weighted by molar-refractivity contribution is -0.119. The van der Waals surface area contributed by atoms with Crippen LogP contribution in [0.4, 0.5) is 0 Å². The second-order valence-corrected chi connectivity index (χ2v) is 7.35. The summed E-state index contributed by atoms with van der Waals surface area (Å²) < 4.78 is 2.05. The van der Waals surface area contributed by atoms with Crippen molar-refractivity contribution in [3.8, 4) is 11.4 Å². The summed E-state index contributed by atoms with van der Waals surface area (Å²) in [5.74, 6) is 1.13. The van der Waals surface area contributed by atoms with Gasteiger partial charge in [-0.05, 0) is 32.4 Å². The zero-order chi connectivity index (χ0) is 19.2. The predicted octanol–water partition coefficient (Wildman–Crippen LogP) is 4.24. The van der Waals surface area contributed by atoms with E-state index in [0.29, 0.717) is 5.75 Å². The van der Waals surface area contributed by atoms with Gasteiger partial charge in [0, 0.05) is 12.1 Å². The van der Waals surface area contributed by atoms with Crippen molar-refractivity contribution in [1.29, 1.82) is 0 Å². The highest BCUT2D eigenvalue weighted by Gasteiger charge is 2.15. The molecule has 1 N–H and O–H groups in total. The smallest absolute Gasteiger partial charge is 0.230 e. The fourth-order valence-electron chi connectivity index (χ4n) is 2.92. The molecule has 0 radical (unpaired) electrons. The molecule has 27 heavy (non-hydrogen) atoms. The number of benzene rings is 2. The summed E-state index contributed by atoms with van der Waals surface area (Å²) in [6.45, 7) is 6.86. The first-order chi connectivity index (χ1) is 13.1. The quantitative estimate of drug-likeness (QED) is 0.623. The molecule has 0 aliphatic heterocycles. The molecule has 6 heteroatoms. The molecule has 0 spiro atoms. The minimum Gasteiger partial charge on any atom is -0.349 e. The molecule has 1 unspecified atom stereocenters. The summed E-state index contributed by atoms with van der Waals surface area (Å²) in [6, 6.07) is 18.1. The second kappa shape index (κ2) is 8.86. The van der Waals surface area contributed by atoms with Gasteiger partial charge in [-0.3, -0.25) is 4.79 Å². The number of aryl methyl sites for hydroxylation is 1. The zero-order valence-electron chi connectivity index (χ0n) is 15.8. The van der Waals surface area contributed by atoms with Gasteiger partial charge in [0.1, 0.15) is 0 Å². The molecule has 2 aromatic carbocycles. The Bertz CT molecular complexity index is 908. The van der Waals surface area contributed by atoms with Crippen molar-refractivity contribution in [2.24, 2.45) is 0 Å². The Kier molecular flexibility index (Phi) is 6.29. The SMILES string of the molecule is CCn1c(SCC(=O)NC(C)c2ccccc2)nnc1-c1cccc(C)c1. The second-order valence-electron chi connectivity index (χ2n) is 6.41. The van der Waals surface area contributed by atoms with Gasteiger partial charge in [0.05, 0.1) is 11.8 Å². The Balaban J connectivity index is 1.65. The molecule has 0 bridgehead atoms. The van der Waals surface area contributed by atoms with Crippen LogP contribution in [0.3, 0.4) is 0 Å². The molecule has 0 aliphatic carbocycles. The third kappa shape index (κ3) is 4.77. The molecule has 3 rings (SSSR count). The average molecular weight is 381 g/mol. The van der Waals surface area contributed by atoms with Gasteiger partial charge < -0.3 is 9.88 Å². The summed E-state index contributed by atoms with van der Waals surface area (Å²) in [7, 11) is 0. The van der Waals surface area contributed by atoms with Crippen LogP contribution in [0.5, 0.6) is 0 Å². The maximum Gasteiger partial charge on any atom is 0.230 e. The number of nitrogens with one attached hydrogen (secondary N) is 1. The van der Waals surface area contributed by atoms with Crippen molar-refractivity contribution >= 4 is 17.7 Å². The lowest BCUT2D eigenvalue weighted by Gasteiger charge is -2.14. The maximum absolute atomic E-state index is 12.3. The molecule has 3 aromatic rings. The number of hydrogen-bond acceptors (Lipinski definition) is 4. The van der Waals surface area contributed by atoms with Gasteiger partial charge in [-0.25, -0.2) is 0 Å². The third-order valence-corrected chi connectivity index (χ3v) is 5.29. The number of carbonyl (C=O) groups is 1. The number of hydrogen-bond donors (Lipinski definition) is 1. The minimum atomic E-state index is -0.0220. The van der Waals surface area contributed by atoms with E-state index in [2.05, 4.69) is 41.5 Å². The summed E-state index contributed by atoms with van der Waals surface area (Å²) in [4.78, 5) is 12.3. The summed E-state index contributed by atoms with van der Waals surface area (Å²) >= 11 is 1.41. The number of rotatable bonds is 7. The highest BCUT2D eigenvalue weighted by atomic mass is 32.2. The van der Waals surface area contributed by atoms with Crippen molar-refractivity contribution < 1.29 is 4.79 Å². The first-order valence-electron chi connectivity index (χ1n) is 9.05. The Hall–Kier alpha value is -2.60. The third-order valence-electron chi connectivity index (χ3n) is 4.32. The van der Waals surface area contributed by atoms with E-state index in [9.17, 15) is 4.79 Å². The van der Waals surface area contributed by atoms with Crippen LogP contribution < -0.4 is 5.32 Å². The van der Waals surface area contributed by atoms with E-state index >= 15 is 0 Å². The molecule has 0 fully saturated rings. The monoisotopic (exact) mass is 380 g/mol. The molecule has 1 heterocycles. The first-order valence-corrected chi connectivity index (χ1v) is 10.0. The largest absolute Gasteiger partial charge is 0.349 e. The highest BCUT2D eigenvalue weighted by molar-refractivity contribution is 7.99. The number of aromatic nitrogens is 3. The van der Waals surface area contributed by atoms with Crippen molar-refractivity contribution in [1.82, 2.24) is 20.1 Å². The Morgan fingerprint density at radius 2 is 1.93 bits per heavy atom. The van der Waals surface area contributed by atoms with Crippen LogP contribution in [0.15, 0.2) is 59.8 Å². The fraction of sp³-hybridized carbons (Fsp3) is 0.286. The predicted molar refractivity (Wildman–Crippen MR) is 110 cm³/mol. The Morgan fingerprint density at radius 1 is 1.15 bits per heavy atom. The summed E-state index contributed by atoms with van der Waals surface area (Å²) in [6.07, 6.45) is 0. The lowest BCUT2D eigenvalue weighted by atomic mass is 10.1. The molecule has 140 valence electrons. The van der Waals surface area contributed by atoms with Crippen molar-refractivity contribution in [3.63, 3.8) is 0 Å². The Morgan fingerprint density at radius 3 is 2.63 bits per heavy atom. The van der Waals surface area contributed by atoms with Gasteiger partial charge in [0.15, 0.2) is 11.0 Å². The highest BCUT2D eigenvalue weighted by Crippen LogP contribution is 2.24. The van der Waals surface area contributed by atoms with E-state index in [0.717, 1.165) is 28.7 Å². The molecular weight excluding hydrogens is 356 g/mol. The molecule has 0 saturated carbocycles. The summed E-state index contributed by atoms with van der Waals surface area (Å²) in [5, 5.41) is 12.4. The molecular formula is C21H24N4OS. The number of amides is 1. The number of nitrogens with zero attached hydrogens (tertiary/aromatic N) is 3. The molecule has 1 aromatic heterocycles. The number of carbonyl (C=O) groups excluding carboxylic acids is 1. The molecule has 0 saturated heterocycles. The van der Waals surface area contributed by atoms with Crippen LogP contribution in [0.1, 0.15) is 31.0 Å². The van der Waals surface area contributed by atoms with E-state index in [1.165, 1.54) is 17.3 Å². The number of thioether (sulfide) groups is 1. The lowest BCUT2D eigenvalue weighted by Crippen LogP contribution is -2.28. The van der Waals surface area contributed by atoms with Gasteiger partial charge in [-0.15, -0.1) is 10.2 Å². The van der Waals surface area contributed by atoms with Crippen molar-refractivity contribution in [3.05, 3.63) is 65.7 Å². The van der Waals surface area contributed by atoms with Gasteiger partial charge in [-0.2, -0.15) is 0 Å². The molecule has 1 atom stereocenters. The minimum absolute atomic E-state index is 0.0147. The van der Waals surface area contributed by atoms with Gasteiger partial charge in [0.2, 0.25) is 5.91 Å². The first kappa shape index (κ1) is 19.2. The summed E-state index contributed by atoms with van der Waals surface area (Å²) in [5.41, 5.74) is 3.31. The van der Waals surface area contributed by atoms with Gasteiger partial charge >= 0.3 is 0 Å². The van der Waals surface area contributed by atoms with Gasteiger partial charge in [-0.1, -0.05) is 65.9 Å². The van der Waals surface area contributed by atoms with Crippen LogP contribution in [0.25, 0.3) is 11.4 Å². The van der Waals surface area contributed by atoms with Gasteiger partial charge in [0.25, 0.3) is 0 Å².